The van der Waals surface area contributed by atoms with E-state index in [9.17, 15) is 24.6 Å². The molecule has 0 radical (unpaired) electrons. The maximum Gasteiger partial charge on any atom is 0.258 e. The fourth-order valence-electron chi connectivity index (χ4n) is 6.26. The van der Waals surface area contributed by atoms with Crippen LogP contribution in [0, 0.1) is 13.8 Å². The van der Waals surface area contributed by atoms with E-state index in [1.165, 1.54) is 16.7 Å². The highest BCUT2D eigenvalue weighted by atomic mass is 32.2. The molecule has 1 fully saturated rings. The molecule has 5 rings (SSSR count). The van der Waals surface area contributed by atoms with E-state index in [1.807, 2.05) is 100 Å². The number of nitrogens with zero attached hydrogens (tertiary/aromatic N) is 1. The molecule has 0 saturated carbocycles. The first-order chi connectivity index (χ1) is 21.5. The van der Waals surface area contributed by atoms with Crippen LogP contribution in [0.5, 0.6) is 5.75 Å². The summed E-state index contributed by atoms with van der Waals surface area (Å²) in [7, 11) is 0. The molecular weight excluding hydrogens is 590 g/mol. The van der Waals surface area contributed by atoms with Gasteiger partial charge in [0.1, 0.15) is 11.8 Å². The Balaban J connectivity index is 1.33. The summed E-state index contributed by atoms with van der Waals surface area (Å²) in [5.41, 5.74) is 4.44. The van der Waals surface area contributed by atoms with Gasteiger partial charge in [-0.2, -0.15) is 0 Å². The Hall–Kier alpha value is -3.86. The summed E-state index contributed by atoms with van der Waals surface area (Å²) in [6, 6.07) is 20.1. The van der Waals surface area contributed by atoms with E-state index in [-0.39, 0.29) is 18.9 Å². The SMILES string of the molecule is Cc1cccc(C)c1OCC(=O)N[C@@H](Cc1ccccc1)[C@H](O)C(=O)N1CSC(C)(C)[C@H]1C(=O)N[C@H]1c2ccccc2C[C@H]1O. The molecule has 1 heterocycles. The monoisotopic (exact) mass is 631 g/mol. The fraction of sp³-hybridized carbons (Fsp3) is 0.400. The second kappa shape index (κ2) is 13.6. The Morgan fingerprint density at radius 2 is 1.67 bits per heavy atom. The van der Waals surface area contributed by atoms with Crippen molar-refractivity contribution in [3.63, 3.8) is 0 Å². The minimum Gasteiger partial charge on any atom is -0.483 e. The Bertz CT molecular complexity index is 1530. The van der Waals surface area contributed by atoms with Crippen molar-refractivity contribution in [2.75, 3.05) is 12.5 Å². The lowest BCUT2D eigenvalue weighted by Crippen LogP contribution is -2.59. The molecule has 2 aliphatic rings. The number of hydrogen-bond donors (Lipinski definition) is 4. The molecule has 9 nitrogen and oxygen atoms in total. The van der Waals surface area contributed by atoms with Gasteiger partial charge in [-0.05, 0) is 61.9 Å². The molecule has 4 N–H and O–H groups in total. The Morgan fingerprint density at radius 3 is 2.38 bits per heavy atom. The number of carbonyl (C=O) groups is 3. The number of ether oxygens (including phenoxy) is 1. The molecule has 3 aromatic rings. The van der Waals surface area contributed by atoms with E-state index in [2.05, 4.69) is 10.6 Å². The molecule has 0 aromatic heterocycles. The van der Waals surface area contributed by atoms with Crippen LogP contribution in [0.3, 0.4) is 0 Å². The van der Waals surface area contributed by atoms with Crippen LogP contribution in [0.1, 0.15) is 47.7 Å². The molecule has 1 aliphatic carbocycles. The number of nitrogens with one attached hydrogen (secondary N) is 2. The zero-order valence-corrected chi connectivity index (χ0v) is 26.8. The van der Waals surface area contributed by atoms with Crippen LogP contribution in [0.2, 0.25) is 0 Å². The van der Waals surface area contributed by atoms with Crippen molar-refractivity contribution < 1.29 is 29.3 Å². The molecule has 1 aliphatic heterocycles. The first kappa shape index (κ1) is 32.5. The van der Waals surface area contributed by atoms with Crippen molar-refractivity contribution in [2.24, 2.45) is 0 Å². The quantitative estimate of drug-likeness (QED) is 0.271. The molecule has 0 spiro atoms. The topological polar surface area (TPSA) is 128 Å². The summed E-state index contributed by atoms with van der Waals surface area (Å²) >= 11 is 1.44. The van der Waals surface area contributed by atoms with E-state index in [0.29, 0.717) is 12.2 Å². The Labute approximate surface area is 268 Å². The Morgan fingerprint density at radius 1 is 1.00 bits per heavy atom. The predicted octanol–water partition coefficient (Wildman–Crippen LogP) is 3.23. The summed E-state index contributed by atoms with van der Waals surface area (Å²) in [6.07, 6.45) is -1.79. The summed E-state index contributed by atoms with van der Waals surface area (Å²) < 4.78 is 5.16. The average molecular weight is 632 g/mol. The van der Waals surface area contributed by atoms with Gasteiger partial charge in [0.05, 0.1) is 24.1 Å². The van der Waals surface area contributed by atoms with Gasteiger partial charge in [-0.1, -0.05) is 72.8 Å². The number of aliphatic hydroxyl groups is 2. The highest BCUT2D eigenvalue weighted by Crippen LogP contribution is 2.41. The first-order valence-electron chi connectivity index (χ1n) is 15.2. The molecule has 0 unspecified atom stereocenters. The fourth-order valence-corrected chi connectivity index (χ4v) is 7.40. The van der Waals surface area contributed by atoms with Gasteiger partial charge in [0.25, 0.3) is 11.8 Å². The van der Waals surface area contributed by atoms with Gasteiger partial charge in [-0.15, -0.1) is 11.8 Å². The van der Waals surface area contributed by atoms with Crippen LogP contribution in [-0.2, 0) is 27.2 Å². The number of para-hydroxylation sites is 1. The highest BCUT2D eigenvalue weighted by molar-refractivity contribution is 8.00. The number of aryl methyl sites for hydroxylation is 2. The van der Waals surface area contributed by atoms with Gasteiger partial charge in [0.15, 0.2) is 12.7 Å². The lowest BCUT2D eigenvalue weighted by molar-refractivity contribution is -0.148. The number of rotatable bonds is 10. The van der Waals surface area contributed by atoms with Gasteiger partial charge in [0, 0.05) is 11.2 Å². The number of carbonyl (C=O) groups excluding carboxylic acids is 3. The third-order valence-corrected chi connectivity index (χ3v) is 9.99. The molecule has 5 atom stereocenters. The molecule has 3 amide bonds. The number of aliphatic hydroxyl groups excluding tert-OH is 2. The van der Waals surface area contributed by atoms with Crippen LogP contribution in [0.4, 0.5) is 0 Å². The largest absolute Gasteiger partial charge is 0.483 e. The van der Waals surface area contributed by atoms with E-state index >= 15 is 0 Å². The Kier molecular flexibility index (Phi) is 9.86. The van der Waals surface area contributed by atoms with Crippen LogP contribution < -0.4 is 15.4 Å². The number of thioether (sulfide) groups is 1. The smallest absolute Gasteiger partial charge is 0.258 e. The lowest BCUT2D eigenvalue weighted by Gasteiger charge is -2.34. The van der Waals surface area contributed by atoms with Crippen molar-refractivity contribution >= 4 is 29.5 Å². The zero-order valence-electron chi connectivity index (χ0n) is 26.0. The average Bonchev–Trinajstić information content (AvgIpc) is 3.50. The summed E-state index contributed by atoms with van der Waals surface area (Å²) in [5.74, 6) is -0.741. The van der Waals surface area contributed by atoms with Gasteiger partial charge in [-0.25, -0.2) is 0 Å². The normalized spacial score (nSPS) is 21.5. The molecular formula is C35H41N3O6S. The van der Waals surface area contributed by atoms with Crippen molar-refractivity contribution in [1.82, 2.24) is 15.5 Å². The molecule has 1 saturated heterocycles. The zero-order chi connectivity index (χ0) is 32.3. The number of benzene rings is 3. The third-order valence-electron chi connectivity index (χ3n) is 8.61. The predicted molar refractivity (Wildman–Crippen MR) is 174 cm³/mol. The van der Waals surface area contributed by atoms with Crippen LogP contribution in [0.15, 0.2) is 72.8 Å². The van der Waals surface area contributed by atoms with Gasteiger partial charge >= 0.3 is 0 Å². The minimum absolute atomic E-state index is 0.187. The standard InChI is InChI=1S/C35H41N3O6S/c1-21-11-10-12-22(2)31(21)44-19-28(40)36-26(17-23-13-6-5-7-14-23)30(41)34(43)38-20-45-35(3,4)32(38)33(42)37-29-25-16-9-8-15-24(25)18-27(29)39/h5-16,26-27,29-30,32,39,41H,17-20H2,1-4H3,(H,36,40)(H,37,42)/t26-,27+,29-,30-,32+/m0/s1. The van der Waals surface area contributed by atoms with Crippen LogP contribution >= 0.6 is 11.8 Å². The van der Waals surface area contributed by atoms with Crippen LogP contribution in [-0.4, -0.2) is 74.4 Å². The molecule has 10 heteroatoms. The summed E-state index contributed by atoms with van der Waals surface area (Å²) in [6.45, 7) is 7.27. The second-order valence-electron chi connectivity index (χ2n) is 12.4. The van der Waals surface area contributed by atoms with E-state index in [0.717, 1.165) is 27.8 Å². The number of hydrogen-bond acceptors (Lipinski definition) is 7. The summed E-state index contributed by atoms with van der Waals surface area (Å²) in [5, 5.41) is 28.1. The minimum atomic E-state index is -1.63. The maximum atomic E-state index is 14.0. The molecule has 238 valence electrons. The highest BCUT2D eigenvalue weighted by Gasteiger charge is 2.50. The molecule has 45 heavy (non-hydrogen) atoms. The van der Waals surface area contributed by atoms with E-state index in [1.54, 1.807) is 0 Å². The van der Waals surface area contributed by atoms with Crippen molar-refractivity contribution in [3.8, 4) is 5.75 Å². The van der Waals surface area contributed by atoms with Crippen molar-refractivity contribution in [1.29, 1.82) is 0 Å². The van der Waals surface area contributed by atoms with Crippen LogP contribution in [0.25, 0.3) is 0 Å². The number of amides is 3. The third kappa shape index (κ3) is 7.19. The molecule has 3 aromatic carbocycles. The van der Waals surface area contributed by atoms with Gasteiger partial charge in [-0.3, -0.25) is 14.4 Å². The lowest BCUT2D eigenvalue weighted by atomic mass is 9.96. The van der Waals surface area contributed by atoms with Gasteiger partial charge in [0.2, 0.25) is 5.91 Å². The first-order valence-corrected chi connectivity index (χ1v) is 16.2. The second-order valence-corrected chi connectivity index (χ2v) is 14.0. The van der Waals surface area contributed by atoms with E-state index in [4.69, 9.17) is 4.74 Å². The van der Waals surface area contributed by atoms with E-state index < -0.39 is 52.8 Å². The van der Waals surface area contributed by atoms with Gasteiger partial charge < -0.3 is 30.5 Å². The molecule has 0 bridgehead atoms. The summed E-state index contributed by atoms with van der Waals surface area (Å²) in [4.78, 5) is 42.3. The van der Waals surface area contributed by atoms with Crippen molar-refractivity contribution in [2.45, 2.75) is 75.6 Å². The maximum absolute atomic E-state index is 14.0. The number of fused-ring (bicyclic) bond motifs is 1. The van der Waals surface area contributed by atoms with Crippen molar-refractivity contribution in [3.05, 3.63) is 101 Å².